The molecule has 0 bridgehead atoms. The van der Waals surface area contributed by atoms with Gasteiger partial charge in [-0.15, -0.1) is 0 Å². The lowest BCUT2D eigenvalue weighted by Crippen LogP contribution is -2.64. The van der Waals surface area contributed by atoms with Crippen LogP contribution in [0.4, 0.5) is 30.7 Å². The Morgan fingerprint density at radius 1 is 1.12 bits per heavy atom. The molecule has 1 atom stereocenters. The van der Waals surface area contributed by atoms with Gasteiger partial charge in [0.05, 0.1) is 13.0 Å². The first kappa shape index (κ1) is 23.1. The van der Waals surface area contributed by atoms with Crippen LogP contribution in [0.25, 0.3) is 0 Å². The molecule has 0 saturated carbocycles. The van der Waals surface area contributed by atoms with Gasteiger partial charge in [-0.3, -0.25) is 0 Å². The number of nitrogens with zero attached hydrogens (tertiary/aromatic N) is 1. The van der Waals surface area contributed by atoms with Crippen molar-refractivity contribution in [2.75, 3.05) is 33.3 Å². The van der Waals surface area contributed by atoms with Gasteiger partial charge in [0.2, 0.25) is 0 Å². The van der Waals surface area contributed by atoms with Crippen LogP contribution in [0.3, 0.4) is 0 Å². The molecular weight excluding hydrogens is 367 g/mol. The molecule has 12 heteroatoms. The number of ether oxygens (including phenoxy) is 1. The molecule has 0 aromatic carbocycles. The summed E-state index contributed by atoms with van der Waals surface area (Å²) in [7, 11) is 0.699. The fourth-order valence-corrected chi connectivity index (χ4v) is 1.79. The van der Waals surface area contributed by atoms with Gasteiger partial charge in [-0.2, -0.15) is 30.7 Å². The SMILES string of the molecule is C=C(C)C(=O)OCC[N+](C)(CC(=O)[O-])CC(F)(F)C(F)(F)C(F)(F)F. The Morgan fingerprint density at radius 2 is 1.60 bits per heavy atom. The molecule has 25 heavy (non-hydrogen) atoms. The van der Waals surface area contributed by atoms with Crippen molar-refractivity contribution in [3.8, 4) is 0 Å². The van der Waals surface area contributed by atoms with E-state index < -0.39 is 60.7 Å². The zero-order valence-electron chi connectivity index (χ0n) is 13.3. The molecule has 0 aliphatic rings. The van der Waals surface area contributed by atoms with Crippen molar-refractivity contribution in [3.63, 3.8) is 0 Å². The van der Waals surface area contributed by atoms with Crippen molar-refractivity contribution in [2.45, 2.75) is 24.9 Å². The quantitative estimate of drug-likeness (QED) is 0.259. The number of carboxylic acid groups (broad SMARTS) is 1. The Kier molecular flexibility index (Phi) is 7.02. The number of rotatable bonds is 9. The molecular formula is C13H16F7NO4. The Balaban J connectivity index is 5.35. The Morgan fingerprint density at radius 3 is 1.96 bits per heavy atom. The van der Waals surface area contributed by atoms with Crippen molar-refractivity contribution >= 4 is 11.9 Å². The van der Waals surface area contributed by atoms with Crippen LogP contribution in [0, 0.1) is 0 Å². The maximum absolute atomic E-state index is 13.5. The van der Waals surface area contributed by atoms with Crippen molar-refractivity contribution in [1.29, 1.82) is 0 Å². The topological polar surface area (TPSA) is 66.4 Å². The molecule has 146 valence electrons. The highest BCUT2D eigenvalue weighted by Gasteiger charge is 2.74. The highest BCUT2D eigenvalue weighted by atomic mass is 19.4. The van der Waals surface area contributed by atoms with Gasteiger partial charge in [-0.05, 0) is 6.92 Å². The largest absolute Gasteiger partial charge is 0.544 e. The van der Waals surface area contributed by atoms with Gasteiger partial charge in [0.25, 0.3) is 0 Å². The molecule has 0 aromatic rings. The van der Waals surface area contributed by atoms with E-state index in [0.29, 0.717) is 7.05 Å². The van der Waals surface area contributed by atoms with Gasteiger partial charge < -0.3 is 19.1 Å². The van der Waals surface area contributed by atoms with Crippen LogP contribution in [-0.2, 0) is 14.3 Å². The second-order valence-electron chi connectivity index (χ2n) is 5.72. The average molecular weight is 383 g/mol. The van der Waals surface area contributed by atoms with E-state index in [9.17, 15) is 45.4 Å². The van der Waals surface area contributed by atoms with E-state index in [-0.39, 0.29) is 5.57 Å². The minimum atomic E-state index is -6.53. The van der Waals surface area contributed by atoms with Gasteiger partial charge in [-0.1, -0.05) is 6.58 Å². The third kappa shape index (κ3) is 6.18. The van der Waals surface area contributed by atoms with Gasteiger partial charge in [0.1, 0.15) is 19.7 Å². The van der Waals surface area contributed by atoms with E-state index in [1.54, 1.807) is 0 Å². The molecule has 0 aromatic heterocycles. The van der Waals surface area contributed by atoms with Crippen molar-refractivity contribution < 1.29 is 54.6 Å². The summed E-state index contributed by atoms with van der Waals surface area (Å²) in [6.45, 7) is -0.484. The number of carbonyl (C=O) groups is 2. The monoisotopic (exact) mass is 383 g/mol. The minimum absolute atomic E-state index is 0.0805. The van der Waals surface area contributed by atoms with Gasteiger partial charge in [0, 0.05) is 5.57 Å². The second-order valence-corrected chi connectivity index (χ2v) is 5.72. The molecule has 0 aliphatic heterocycles. The molecule has 0 heterocycles. The zero-order chi connectivity index (χ0) is 20.3. The van der Waals surface area contributed by atoms with E-state index in [1.807, 2.05) is 0 Å². The molecule has 0 amide bonds. The lowest BCUT2D eigenvalue weighted by atomic mass is 10.1. The molecule has 5 nitrogen and oxygen atoms in total. The zero-order valence-corrected chi connectivity index (χ0v) is 13.3. The first-order chi connectivity index (χ1) is 11.0. The van der Waals surface area contributed by atoms with E-state index in [4.69, 9.17) is 0 Å². The summed E-state index contributed by atoms with van der Waals surface area (Å²) in [5.74, 6) is -14.9. The summed E-state index contributed by atoms with van der Waals surface area (Å²) >= 11 is 0. The number of esters is 1. The maximum Gasteiger partial charge on any atom is 0.460 e. The van der Waals surface area contributed by atoms with Gasteiger partial charge in [-0.25, -0.2) is 4.79 Å². The van der Waals surface area contributed by atoms with Gasteiger partial charge in [0.15, 0.2) is 6.54 Å². The lowest BCUT2D eigenvalue weighted by Gasteiger charge is -2.39. The summed E-state index contributed by atoms with van der Waals surface area (Å²) in [5, 5.41) is 10.6. The Labute approximate surface area is 138 Å². The number of hydrogen-bond donors (Lipinski definition) is 0. The number of halogens is 7. The number of alkyl halides is 7. The molecule has 0 spiro atoms. The number of carboxylic acids is 1. The summed E-state index contributed by atoms with van der Waals surface area (Å²) in [4.78, 5) is 21.8. The van der Waals surface area contributed by atoms with Crippen LogP contribution in [0.2, 0.25) is 0 Å². The minimum Gasteiger partial charge on any atom is -0.544 e. The summed E-state index contributed by atoms with van der Waals surface area (Å²) in [6.07, 6.45) is -6.53. The second kappa shape index (κ2) is 7.58. The van der Waals surface area contributed by atoms with E-state index in [2.05, 4.69) is 11.3 Å². The third-order valence-electron chi connectivity index (χ3n) is 3.12. The number of hydrogen-bond acceptors (Lipinski definition) is 4. The van der Waals surface area contributed by atoms with Crippen molar-refractivity contribution in [3.05, 3.63) is 12.2 Å². The normalized spacial score (nSPS) is 15.4. The smallest absolute Gasteiger partial charge is 0.460 e. The number of aliphatic carboxylic acids is 1. The fraction of sp³-hybridized carbons (Fsp3) is 0.692. The first-order valence-electron chi connectivity index (χ1n) is 6.63. The molecule has 0 aliphatic carbocycles. The Bertz CT molecular complexity index is 533. The lowest BCUT2D eigenvalue weighted by molar-refractivity contribution is -0.913. The maximum atomic E-state index is 13.5. The average Bonchev–Trinajstić information content (AvgIpc) is 2.34. The van der Waals surface area contributed by atoms with Crippen LogP contribution in [-0.4, -0.2) is 67.7 Å². The number of quaternary nitrogens is 1. The fourth-order valence-electron chi connectivity index (χ4n) is 1.79. The molecule has 1 unspecified atom stereocenters. The molecule has 0 rings (SSSR count). The van der Waals surface area contributed by atoms with E-state index in [0.717, 1.165) is 0 Å². The van der Waals surface area contributed by atoms with Crippen molar-refractivity contribution in [2.24, 2.45) is 0 Å². The molecule has 0 N–H and O–H groups in total. The van der Waals surface area contributed by atoms with Crippen LogP contribution in [0.15, 0.2) is 12.2 Å². The highest BCUT2D eigenvalue weighted by Crippen LogP contribution is 2.47. The molecule has 0 saturated heterocycles. The Hall–Kier alpha value is -1.85. The predicted molar refractivity (Wildman–Crippen MR) is 67.5 cm³/mol. The van der Waals surface area contributed by atoms with Crippen LogP contribution >= 0.6 is 0 Å². The number of carbonyl (C=O) groups excluding carboxylic acids is 2. The van der Waals surface area contributed by atoms with Crippen LogP contribution in [0.5, 0.6) is 0 Å². The van der Waals surface area contributed by atoms with E-state index >= 15 is 0 Å². The first-order valence-corrected chi connectivity index (χ1v) is 6.63. The number of likely N-dealkylation sites (N-methyl/N-ethyl adjacent to an activating group) is 1. The van der Waals surface area contributed by atoms with E-state index in [1.165, 1.54) is 6.92 Å². The highest BCUT2D eigenvalue weighted by molar-refractivity contribution is 5.86. The molecule has 0 radical (unpaired) electrons. The van der Waals surface area contributed by atoms with Crippen LogP contribution < -0.4 is 5.11 Å². The predicted octanol–water partition coefficient (Wildman–Crippen LogP) is 1.14. The summed E-state index contributed by atoms with van der Waals surface area (Å²) in [6, 6.07) is 0. The van der Waals surface area contributed by atoms with Gasteiger partial charge >= 0.3 is 24.0 Å². The summed E-state index contributed by atoms with van der Waals surface area (Å²) in [5.41, 5.74) is -0.0805. The van der Waals surface area contributed by atoms with Crippen LogP contribution in [0.1, 0.15) is 6.92 Å². The third-order valence-corrected chi connectivity index (χ3v) is 3.12. The van der Waals surface area contributed by atoms with Crippen molar-refractivity contribution in [1.82, 2.24) is 0 Å². The molecule has 0 fully saturated rings. The standard InChI is InChI=1S/C13H16F7NO4/c1-8(2)10(24)25-5-4-21(3,6-9(22)23)7-11(14,15)12(16,17)13(18,19)20/h1,4-7H2,2-3H3. The summed E-state index contributed by atoms with van der Waals surface area (Å²) < 4.78 is 92.6.